The second-order valence-corrected chi connectivity index (χ2v) is 8.41. The van der Waals surface area contributed by atoms with E-state index in [4.69, 9.17) is 4.98 Å². The third kappa shape index (κ3) is 3.25. The Bertz CT molecular complexity index is 663. The molecule has 4 nitrogen and oxygen atoms in total. The van der Waals surface area contributed by atoms with Gasteiger partial charge in [0.05, 0.1) is 16.3 Å². The average molecular weight is 348 g/mol. The van der Waals surface area contributed by atoms with Gasteiger partial charge in [0, 0.05) is 37.1 Å². The Kier molecular flexibility index (Phi) is 4.55. The van der Waals surface area contributed by atoms with Crippen LogP contribution in [0.3, 0.4) is 0 Å². The highest BCUT2D eigenvalue weighted by atomic mass is 32.2. The van der Waals surface area contributed by atoms with Crippen LogP contribution in [-0.4, -0.2) is 46.4 Å². The van der Waals surface area contributed by atoms with Crippen LogP contribution >= 0.6 is 23.1 Å². The fourth-order valence-corrected chi connectivity index (χ4v) is 5.50. The summed E-state index contributed by atoms with van der Waals surface area (Å²) in [6.45, 7) is 1.89. The van der Waals surface area contributed by atoms with Gasteiger partial charge in [-0.05, 0) is 25.0 Å². The molecule has 2 aliphatic heterocycles. The molecule has 4 rings (SSSR count). The van der Waals surface area contributed by atoms with E-state index in [-0.39, 0.29) is 11.9 Å². The molecule has 1 aromatic heterocycles. The number of aromatic nitrogens is 1. The van der Waals surface area contributed by atoms with Crippen LogP contribution in [0, 0.1) is 0 Å². The van der Waals surface area contributed by atoms with Gasteiger partial charge in [-0.1, -0.05) is 12.1 Å². The van der Waals surface area contributed by atoms with Crippen LogP contribution in [0.15, 0.2) is 24.3 Å². The van der Waals surface area contributed by atoms with Crippen molar-refractivity contribution in [3.63, 3.8) is 0 Å². The number of likely N-dealkylation sites (tertiary alicyclic amines) is 1. The number of hydrogen-bond acceptors (Lipinski definition) is 5. The Labute approximate surface area is 144 Å². The lowest BCUT2D eigenvalue weighted by Crippen LogP contribution is -2.42. The Morgan fingerprint density at radius 1 is 1.39 bits per heavy atom. The third-order valence-electron chi connectivity index (χ3n) is 4.59. The molecule has 0 aliphatic carbocycles. The molecule has 0 radical (unpaired) electrons. The summed E-state index contributed by atoms with van der Waals surface area (Å²) in [5.41, 5.74) is 1.05. The first-order valence-corrected chi connectivity index (χ1v) is 10.2. The van der Waals surface area contributed by atoms with Crippen molar-refractivity contribution in [2.75, 3.05) is 24.6 Å². The maximum atomic E-state index is 12.8. The van der Waals surface area contributed by atoms with Gasteiger partial charge in [-0.2, -0.15) is 11.8 Å². The minimum absolute atomic E-state index is 0.177. The number of nitrogens with one attached hydrogen (secondary N) is 1. The molecule has 23 heavy (non-hydrogen) atoms. The summed E-state index contributed by atoms with van der Waals surface area (Å²) in [6, 6.07) is 8.75. The van der Waals surface area contributed by atoms with Crippen LogP contribution in [0.2, 0.25) is 0 Å². The standard InChI is InChI=1S/C17H21N3OS2/c21-16(10-12-11-22-9-7-18-12)20-8-3-5-14(20)17-19-13-4-1-2-6-15(13)23-17/h1-2,4,6,12,14,18H,3,5,7-11H2. The number of benzene rings is 1. The van der Waals surface area contributed by atoms with E-state index in [1.807, 2.05) is 23.9 Å². The molecule has 1 aromatic carbocycles. The minimum atomic E-state index is 0.177. The van der Waals surface area contributed by atoms with Gasteiger partial charge in [0.2, 0.25) is 5.91 Å². The van der Waals surface area contributed by atoms with Crippen molar-refractivity contribution in [2.24, 2.45) is 0 Å². The lowest BCUT2D eigenvalue weighted by Gasteiger charge is -2.27. The van der Waals surface area contributed by atoms with Crippen molar-refractivity contribution in [1.82, 2.24) is 15.2 Å². The smallest absolute Gasteiger partial charge is 0.224 e. The van der Waals surface area contributed by atoms with Crippen molar-refractivity contribution in [2.45, 2.75) is 31.3 Å². The molecule has 2 aromatic rings. The number of amides is 1. The van der Waals surface area contributed by atoms with Gasteiger partial charge in [-0.25, -0.2) is 4.98 Å². The van der Waals surface area contributed by atoms with Gasteiger partial charge in [0.25, 0.3) is 0 Å². The molecule has 1 N–H and O–H groups in total. The van der Waals surface area contributed by atoms with E-state index >= 15 is 0 Å². The topological polar surface area (TPSA) is 45.2 Å². The number of thioether (sulfide) groups is 1. The van der Waals surface area contributed by atoms with Gasteiger partial charge in [-0.15, -0.1) is 11.3 Å². The largest absolute Gasteiger partial charge is 0.333 e. The van der Waals surface area contributed by atoms with Crippen molar-refractivity contribution in [3.05, 3.63) is 29.3 Å². The van der Waals surface area contributed by atoms with E-state index in [2.05, 4.69) is 22.3 Å². The monoisotopic (exact) mass is 347 g/mol. The molecule has 2 unspecified atom stereocenters. The highest BCUT2D eigenvalue weighted by Crippen LogP contribution is 2.36. The number of hydrogen-bond donors (Lipinski definition) is 1. The third-order valence-corrected chi connectivity index (χ3v) is 6.86. The molecule has 2 atom stereocenters. The quantitative estimate of drug-likeness (QED) is 0.927. The molecule has 2 aliphatic rings. The second-order valence-electron chi connectivity index (χ2n) is 6.20. The Hall–Kier alpha value is -1.11. The van der Waals surface area contributed by atoms with Crippen LogP contribution in [-0.2, 0) is 4.79 Å². The first-order chi connectivity index (χ1) is 11.3. The number of nitrogens with zero attached hydrogens (tertiary/aromatic N) is 2. The maximum Gasteiger partial charge on any atom is 0.224 e. The van der Waals surface area contributed by atoms with E-state index in [9.17, 15) is 4.79 Å². The number of thiazole rings is 1. The van der Waals surface area contributed by atoms with Crippen molar-refractivity contribution < 1.29 is 4.79 Å². The van der Waals surface area contributed by atoms with Crippen molar-refractivity contribution in [3.8, 4) is 0 Å². The fourth-order valence-electron chi connectivity index (χ4n) is 3.43. The SMILES string of the molecule is O=C(CC1CSCCN1)N1CCCC1c1nc2ccccc2s1. The molecule has 122 valence electrons. The molecular formula is C17H21N3OS2. The number of carbonyl (C=O) groups is 1. The molecule has 2 saturated heterocycles. The van der Waals surface area contributed by atoms with Crippen LogP contribution in [0.25, 0.3) is 10.2 Å². The highest BCUT2D eigenvalue weighted by molar-refractivity contribution is 7.99. The van der Waals surface area contributed by atoms with Crippen LogP contribution < -0.4 is 5.32 Å². The summed E-state index contributed by atoms with van der Waals surface area (Å²) in [5, 5.41) is 4.57. The highest BCUT2D eigenvalue weighted by Gasteiger charge is 2.33. The van der Waals surface area contributed by atoms with Gasteiger partial charge in [0.15, 0.2) is 0 Å². The average Bonchev–Trinajstić information content (AvgIpc) is 3.22. The first-order valence-electron chi connectivity index (χ1n) is 8.27. The summed E-state index contributed by atoms with van der Waals surface area (Å²) >= 11 is 3.68. The second kappa shape index (κ2) is 6.79. The number of fused-ring (bicyclic) bond motifs is 1. The molecule has 6 heteroatoms. The Morgan fingerprint density at radius 2 is 2.30 bits per heavy atom. The fraction of sp³-hybridized carbons (Fsp3) is 0.529. The Morgan fingerprint density at radius 3 is 3.13 bits per heavy atom. The lowest BCUT2D eigenvalue weighted by atomic mass is 10.2. The van der Waals surface area contributed by atoms with Gasteiger partial charge in [-0.3, -0.25) is 4.79 Å². The number of carbonyl (C=O) groups excluding carboxylic acids is 1. The van der Waals surface area contributed by atoms with Gasteiger partial charge < -0.3 is 10.2 Å². The molecule has 2 fully saturated rings. The van der Waals surface area contributed by atoms with Crippen LogP contribution in [0.1, 0.15) is 30.3 Å². The molecule has 1 amide bonds. The summed E-state index contributed by atoms with van der Waals surface area (Å²) in [6.07, 6.45) is 2.74. The summed E-state index contributed by atoms with van der Waals surface area (Å²) in [7, 11) is 0. The maximum absolute atomic E-state index is 12.8. The number of para-hydroxylation sites is 1. The predicted octanol–water partition coefficient (Wildman–Crippen LogP) is 3.05. The Balaban J connectivity index is 1.50. The zero-order valence-corrected chi connectivity index (χ0v) is 14.7. The van der Waals surface area contributed by atoms with E-state index in [1.165, 1.54) is 4.70 Å². The van der Waals surface area contributed by atoms with E-state index in [0.29, 0.717) is 12.5 Å². The lowest BCUT2D eigenvalue weighted by molar-refractivity contribution is -0.132. The predicted molar refractivity (Wildman–Crippen MR) is 97.0 cm³/mol. The summed E-state index contributed by atoms with van der Waals surface area (Å²) < 4.78 is 1.21. The minimum Gasteiger partial charge on any atom is -0.333 e. The van der Waals surface area contributed by atoms with E-state index < -0.39 is 0 Å². The molecule has 0 saturated carbocycles. The molecule has 3 heterocycles. The first kappa shape index (κ1) is 15.4. The molecule has 0 spiro atoms. The van der Waals surface area contributed by atoms with E-state index in [1.54, 1.807) is 11.3 Å². The van der Waals surface area contributed by atoms with Crippen molar-refractivity contribution in [1.29, 1.82) is 0 Å². The molecule has 0 bridgehead atoms. The summed E-state index contributed by atoms with van der Waals surface area (Å²) in [5.74, 6) is 2.49. The van der Waals surface area contributed by atoms with Crippen LogP contribution in [0.5, 0.6) is 0 Å². The van der Waals surface area contributed by atoms with Crippen molar-refractivity contribution >= 4 is 39.2 Å². The number of rotatable bonds is 3. The van der Waals surface area contributed by atoms with Gasteiger partial charge in [0.1, 0.15) is 5.01 Å². The normalized spacial score (nSPS) is 25.1. The zero-order valence-electron chi connectivity index (χ0n) is 13.0. The zero-order chi connectivity index (χ0) is 15.6. The summed E-state index contributed by atoms with van der Waals surface area (Å²) in [4.78, 5) is 19.6. The van der Waals surface area contributed by atoms with Gasteiger partial charge >= 0.3 is 0 Å². The van der Waals surface area contributed by atoms with E-state index in [0.717, 1.165) is 48.0 Å². The van der Waals surface area contributed by atoms with Crippen LogP contribution in [0.4, 0.5) is 0 Å². The molecular weight excluding hydrogens is 326 g/mol.